The summed E-state index contributed by atoms with van der Waals surface area (Å²) in [5.41, 5.74) is 2.69. The summed E-state index contributed by atoms with van der Waals surface area (Å²) >= 11 is 0. The van der Waals surface area contributed by atoms with Crippen molar-refractivity contribution >= 4 is 5.91 Å². The largest absolute Gasteiger partial charge is 0.352 e. The molecule has 1 aliphatic heterocycles. The summed E-state index contributed by atoms with van der Waals surface area (Å²) in [6.45, 7) is 5.94. The topological polar surface area (TPSA) is 71.0 Å². The number of amides is 1. The summed E-state index contributed by atoms with van der Waals surface area (Å²) in [5, 5.41) is 3.05. The highest BCUT2D eigenvalue weighted by atomic mass is 16.1. The maximum absolute atomic E-state index is 12.9. The minimum absolute atomic E-state index is 0.0662. The van der Waals surface area contributed by atoms with Gasteiger partial charge in [-0.3, -0.25) is 9.78 Å². The van der Waals surface area contributed by atoms with Crippen molar-refractivity contribution in [3.63, 3.8) is 0 Å². The molecule has 1 aliphatic carbocycles. The van der Waals surface area contributed by atoms with Crippen LogP contribution in [-0.2, 0) is 6.42 Å². The summed E-state index contributed by atoms with van der Waals surface area (Å²) in [5.74, 6) is 1.89. The van der Waals surface area contributed by atoms with Crippen LogP contribution in [0.2, 0.25) is 0 Å². The lowest BCUT2D eigenvalue weighted by Gasteiger charge is -2.35. The molecule has 3 heterocycles. The molecule has 2 aromatic rings. The number of likely N-dealkylation sites (tertiary alicyclic amines) is 1. The molecule has 1 saturated heterocycles. The van der Waals surface area contributed by atoms with Crippen LogP contribution in [0.25, 0.3) is 0 Å². The Labute approximate surface area is 185 Å². The second-order valence-electron chi connectivity index (χ2n) is 9.16. The number of carbonyl (C=O) groups excluding carboxylic acids is 1. The molecule has 166 valence electrons. The highest BCUT2D eigenvalue weighted by Crippen LogP contribution is 2.31. The molecule has 6 nitrogen and oxygen atoms in total. The molecule has 4 rings (SSSR count). The van der Waals surface area contributed by atoms with Gasteiger partial charge in [-0.05, 0) is 69.7 Å². The van der Waals surface area contributed by atoms with Crippen molar-refractivity contribution in [2.45, 2.75) is 64.2 Å². The van der Waals surface area contributed by atoms with Crippen LogP contribution in [0.3, 0.4) is 0 Å². The van der Waals surface area contributed by atoms with Crippen LogP contribution < -0.4 is 5.32 Å². The lowest BCUT2D eigenvalue weighted by atomic mass is 9.87. The first-order valence-corrected chi connectivity index (χ1v) is 11.9. The smallest absolute Gasteiger partial charge is 0.254 e. The van der Waals surface area contributed by atoms with Crippen LogP contribution in [-0.4, -0.2) is 51.9 Å². The molecule has 0 spiro atoms. The van der Waals surface area contributed by atoms with Crippen LogP contribution in [0.15, 0.2) is 30.7 Å². The van der Waals surface area contributed by atoms with Gasteiger partial charge in [-0.2, -0.15) is 0 Å². The molecular formula is C25H35N5O. The van der Waals surface area contributed by atoms with E-state index in [1.165, 1.54) is 38.6 Å². The first-order valence-electron chi connectivity index (χ1n) is 11.9. The van der Waals surface area contributed by atoms with E-state index in [4.69, 9.17) is 4.98 Å². The molecule has 1 amide bonds. The van der Waals surface area contributed by atoms with E-state index in [9.17, 15) is 4.79 Å². The third-order valence-corrected chi connectivity index (χ3v) is 6.82. The molecule has 2 fully saturated rings. The zero-order chi connectivity index (χ0) is 21.5. The molecule has 0 atom stereocenters. The maximum Gasteiger partial charge on any atom is 0.254 e. The fraction of sp³-hybridized carbons (Fsp3) is 0.600. The van der Waals surface area contributed by atoms with Crippen molar-refractivity contribution in [2.24, 2.45) is 5.92 Å². The van der Waals surface area contributed by atoms with Crippen molar-refractivity contribution in [1.29, 1.82) is 0 Å². The van der Waals surface area contributed by atoms with Crippen molar-refractivity contribution in [3.05, 3.63) is 53.4 Å². The third kappa shape index (κ3) is 6.10. The predicted molar refractivity (Wildman–Crippen MR) is 122 cm³/mol. The van der Waals surface area contributed by atoms with Crippen LogP contribution in [0.5, 0.6) is 0 Å². The minimum atomic E-state index is -0.0662. The van der Waals surface area contributed by atoms with Gasteiger partial charge in [-0.15, -0.1) is 0 Å². The van der Waals surface area contributed by atoms with E-state index in [0.29, 0.717) is 18.0 Å². The van der Waals surface area contributed by atoms with Gasteiger partial charge < -0.3 is 10.2 Å². The van der Waals surface area contributed by atoms with Gasteiger partial charge in [0.25, 0.3) is 5.91 Å². The Morgan fingerprint density at radius 2 is 1.94 bits per heavy atom. The van der Waals surface area contributed by atoms with Crippen molar-refractivity contribution < 1.29 is 4.79 Å². The third-order valence-electron chi connectivity index (χ3n) is 6.82. The van der Waals surface area contributed by atoms with Gasteiger partial charge >= 0.3 is 0 Å². The van der Waals surface area contributed by atoms with E-state index >= 15 is 0 Å². The summed E-state index contributed by atoms with van der Waals surface area (Å²) in [4.78, 5) is 28.7. The van der Waals surface area contributed by atoms with E-state index in [1.807, 2.05) is 25.3 Å². The molecule has 2 aliphatic rings. The number of aryl methyl sites for hydroxylation is 1. The molecule has 31 heavy (non-hydrogen) atoms. The zero-order valence-corrected chi connectivity index (χ0v) is 18.7. The van der Waals surface area contributed by atoms with E-state index in [0.717, 1.165) is 55.4 Å². The second kappa shape index (κ2) is 10.8. The molecule has 1 N–H and O–H groups in total. The quantitative estimate of drug-likeness (QED) is 0.734. The number of rotatable bonds is 7. The van der Waals surface area contributed by atoms with E-state index in [1.54, 1.807) is 12.4 Å². The number of nitrogens with zero attached hydrogens (tertiary/aromatic N) is 4. The van der Waals surface area contributed by atoms with Gasteiger partial charge in [0.1, 0.15) is 5.82 Å². The fourth-order valence-electron chi connectivity index (χ4n) is 5.06. The Balaban J connectivity index is 1.34. The van der Waals surface area contributed by atoms with Crippen LogP contribution in [0.4, 0.5) is 0 Å². The van der Waals surface area contributed by atoms with Crippen LogP contribution in [0, 0.1) is 12.8 Å². The van der Waals surface area contributed by atoms with Crippen molar-refractivity contribution in [1.82, 2.24) is 25.2 Å². The average Bonchev–Trinajstić information content (AvgIpc) is 2.81. The lowest BCUT2D eigenvalue weighted by molar-refractivity contribution is 0.0950. The minimum Gasteiger partial charge on any atom is -0.352 e. The van der Waals surface area contributed by atoms with Crippen LogP contribution in [0.1, 0.15) is 78.3 Å². The fourth-order valence-corrected chi connectivity index (χ4v) is 5.06. The zero-order valence-electron chi connectivity index (χ0n) is 18.7. The SMILES string of the molecule is Cc1ncc(C(=O)NCCc2cccnc2)c(C2CCN(CC3CCCCC3)CC2)n1. The first kappa shape index (κ1) is 21.9. The number of nitrogens with one attached hydrogen (secondary N) is 1. The summed E-state index contributed by atoms with van der Waals surface area (Å²) < 4.78 is 0. The number of carbonyl (C=O) groups is 1. The second-order valence-corrected chi connectivity index (χ2v) is 9.16. The Hall–Kier alpha value is -2.34. The number of aromatic nitrogens is 3. The monoisotopic (exact) mass is 421 g/mol. The number of hydrogen-bond acceptors (Lipinski definition) is 5. The summed E-state index contributed by atoms with van der Waals surface area (Å²) in [7, 11) is 0. The lowest BCUT2D eigenvalue weighted by Crippen LogP contribution is -2.38. The summed E-state index contributed by atoms with van der Waals surface area (Å²) in [6, 6.07) is 3.95. The van der Waals surface area contributed by atoms with Crippen LogP contribution >= 0.6 is 0 Å². The highest BCUT2D eigenvalue weighted by Gasteiger charge is 2.27. The van der Waals surface area contributed by atoms with E-state index < -0.39 is 0 Å². The van der Waals surface area contributed by atoms with Gasteiger partial charge in [0.15, 0.2) is 0 Å². The Bertz CT molecular complexity index is 842. The normalized spacial score (nSPS) is 18.7. The molecule has 0 radical (unpaired) electrons. The molecular weight excluding hydrogens is 386 g/mol. The number of pyridine rings is 1. The highest BCUT2D eigenvalue weighted by molar-refractivity contribution is 5.95. The Kier molecular flexibility index (Phi) is 7.62. The van der Waals surface area contributed by atoms with Gasteiger partial charge in [-0.25, -0.2) is 9.97 Å². The predicted octanol–water partition coefficient (Wildman–Crippen LogP) is 3.91. The summed E-state index contributed by atoms with van der Waals surface area (Å²) in [6.07, 6.45) is 15.2. The molecule has 0 aromatic carbocycles. The molecule has 0 unspecified atom stereocenters. The van der Waals surface area contributed by atoms with Crippen molar-refractivity contribution in [2.75, 3.05) is 26.2 Å². The maximum atomic E-state index is 12.9. The van der Waals surface area contributed by atoms with Gasteiger partial charge in [0, 0.05) is 37.6 Å². The average molecular weight is 422 g/mol. The number of hydrogen-bond donors (Lipinski definition) is 1. The van der Waals surface area contributed by atoms with Crippen molar-refractivity contribution in [3.8, 4) is 0 Å². The first-order chi connectivity index (χ1) is 15.2. The molecule has 1 saturated carbocycles. The molecule has 0 bridgehead atoms. The van der Waals surface area contributed by atoms with Gasteiger partial charge in [-0.1, -0.05) is 25.3 Å². The Morgan fingerprint density at radius 3 is 2.68 bits per heavy atom. The molecule has 6 heteroatoms. The van der Waals surface area contributed by atoms with E-state index in [2.05, 4.69) is 20.2 Å². The van der Waals surface area contributed by atoms with Gasteiger partial charge in [0.2, 0.25) is 0 Å². The molecule has 2 aromatic heterocycles. The van der Waals surface area contributed by atoms with E-state index in [-0.39, 0.29) is 5.91 Å². The van der Waals surface area contributed by atoms with Gasteiger partial charge in [0.05, 0.1) is 11.3 Å². The number of piperidine rings is 1. The standard InChI is InChI=1S/C25H35N5O/c1-19-28-17-23(25(31)27-13-9-20-8-5-12-26-16-20)24(29-19)22-10-14-30(15-11-22)18-21-6-3-2-4-7-21/h5,8,12,16-17,21-22H,2-4,6-7,9-11,13-15,18H2,1H3,(H,27,31). The Morgan fingerprint density at radius 1 is 1.13 bits per heavy atom.